The second kappa shape index (κ2) is 11.6. The zero-order chi connectivity index (χ0) is 22.0. The minimum Gasteiger partial charge on any atom is -0.384 e. The fourth-order valence-electron chi connectivity index (χ4n) is 4.07. The van der Waals surface area contributed by atoms with Gasteiger partial charge in [-0.15, -0.1) is 0 Å². The molecule has 0 atom stereocenters. The van der Waals surface area contributed by atoms with Crippen LogP contribution in [0.4, 0.5) is 5.69 Å². The third-order valence-electron chi connectivity index (χ3n) is 5.76. The van der Waals surface area contributed by atoms with Crippen molar-refractivity contribution in [1.29, 1.82) is 0 Å². The number of nitrogens with zero attached hydrogens (tertiary/aromatic N) is 1. The van der Waals surface area contributed by atoms with E-state index in [1.807, 2.05) is 29.0 Å². The molecule has 0 unspecified atom stereocenters. The Balaban J connectivity index is 1.13. The number of pyridine rings is 1. The molecule has 0 aliphatic rings. The van der Waals surface area contributed by atoms with E-state index in [1.54, 1.807) is 11.3 Å². The summed E-state index contributed by atoms with van der Waals surface area (Å²) in [5.74, 6) is 0.130. The van der Waals surface area contributed by atoms with Gasteiger partial charge in [0.1, 0.15) is 0 Å². The molecule has 1 amide bonds. The highest BCUT2D eigenvalue weighted by Gasteiger charge is 2.08. The number of rotatable bonds is 12. The van der Waals surface area contributed by atoms with Crippen LogP contribution in [0.25, 0.3) is 21.8 Å². The van der Waals surface area contributed by atoms with Crippen molar-refractivity contribution in [2.75, 3.05) is 18.4 Å². The Morgan fingerprint density at radius 3 is 2.06 bits per heavy atom. The summed E-state index contributed by atoms with van der Waals surface area (Å²) in [7, 11) is 0. The molecule has 2 aromatic carbocycles. The summed E-state index contributed by atoms with van der Waals surface area (Å²) < 4.78 is 0. The standard InChI is InChI=1S/C27H31N3OS/c31-26(19-21-15-18-32-20-21)28-16-9-3-1-2-4-10-17-29-27-22-11-5-7-13-24(22)30-25-14-8-6-12-23(25)27/h5-8,11-15,18,20H,1-4,9-10,16-17,19H2,(H,28,31)(H,29,30). The van der Waals surface area contributed by atoms with Crippen LogP contribution in [0, 0.1) is 0 Å². The maximum absolute atomic E-state index is 11.9. The smallest absolute Gasteiger partial charge is 0.224 e. The minimum atomic E-state index is 0.130. The Morgan fingerprint density at radius 2 is 1.41 bits per heavy atom. The lowest BCUT2D eigenvalue weighted by molar-refractivity contribution is -0.120. The van der Waals surface area contributed by atoms with Gasteiger partial charge in [-0.25, -0.2) is 4.98 Å². The Morgan fingerprint density at radius 1 is 0.781 bits per heavy atom. The predicted octanol–water partition coefficient (Wildman–Crippen LogP) is 6.56. The summed E-state index contributed by atoms with van der Waals surface area (Å²) in [4.78, 5) is 16.7. The number of carbonyl (C=O) groups is 1. The summed E-state index contributed by atoms with van der Waals surface area (Å²) in [5, 5.41) is 13.1. The number of thiophene rings is 1. The molecule has 2 heterocycles. The Labute approximate surface area is 194 Å². The number of amides is 1. The number of nitrogens with one attached hydrogen (secondary N) is 2. The van der Waals surface area contributed by atoms with Crippen LogP contribution in [0.15, 0.2) is 65.4 Å². The van der Waals surface area contributed by atoms with Crippen molar-refractivity contribution in [2.45, 2.75) is 44.9 Å². The number of aromatic nitrogens is 1. The number of benzene rings is 2. The van der Waals surface area contributed by atoms with Crippen molar-refractivity contribution < 1.29 is 4.79 Å². The van der Waals surface area contributed by atoms with Crippen LogP contribution in [-0.2, 0) is 11.2 Å². The molecule has 4 nitrogen and oxygen atoms in total. The van der Waals surface area contributed by atoms with Crippen LogP contribution in [0.5, 0.6) is 0 Å². The third-order valence-corrected chi connectivity index (χ3v) is 6.49. The summed E-state index contributed by atoms with van der Waals surface area (Å²) in [5.41, 5.74) is 4.38. The van der Waals surface area contributed by atoms with Gasteiger partial charge in [0.2, 0.25) is 5.91 Å². The minimum absolute atomic E-state index is 0.130. The number of anilines is 1. The van der Waals surface area contributed by atoms with E-state index in [0.29, 0.717) is 6.42 Å². The van der Waals surface area contributed by atoms with Crippen molar-refractivity contribution in [3.05, 3.63) is 70.9 Å². The number of hydrogen-bond donors (Lipinski definition) is 2. The van der Waals surface area contributed by atoms with Gasteiger partial charge in [-0.3, -0.25) is 4.79 Å². The summed E-state index contributed by atoms with van der Waals surface area (Å²) in [6.45, 7) is 1.75. The number of unbranched alkanes of at least 4 members (excludes halogenated alkanes) is 5. The zero-order valence-corrected chi connectivity index (χ0v) is 19.3. The number of hydrogen-bond acceptors (Lipinski definition) is 4. The van der Waals surface area contributed by atoms with Gasteiger partial charge in [0.25, 0.3) is 0 Å². The number of fused-ring (bicyclic) bond motifs is 2. The van der Waals surface area contributed by atoms with E-state index in [-0.39, 0.29) is 5.91 Å². The summed E-state index contributed by atoms with van der Waals surface area (Å²) in [6.07, 6.45) is 7.57. The van der Waals surface area contributed by atoms with Crippen LogP contribution in [-0.4, -0.2) is 24.0 Å². The Hall–Kier alpha value is -2.92. The zero-order valence-electron chi connectivity index (χ0n) is 18.5. The van der Waals surface area contributed by atoms with E-state index in [4.69, 9.17) is 4.98 Å². The molecule has 0 fully saturated rings. The lowest BCUT2D eigenvalue weighted by Crippen LogP contribution is -2.25. The SMILES string of the molecule is O=C(Cc1ccsc1)NCCCCCCCCNc1c2ccccc2nc2ccccc12. The van der Waals surface area contributed by atoms with Crippen molar-refractivity contribution in [1.82, 2.24) is 10.3 Å². The van der Waals surface area contributed by atoms with E-state index in [0.717, 1.165) is 42.5 Å². The first-order valence-electron chi connectivity index (χ1n) is 11.6. The first-order valence-corrected chi connectivity index (χ1v) is 12.5. The molecule has 4 aromatic rings. The van der Waals surface area contributed by atoms with Gasteiger partial charge < -0.3 is 10.6 Å². The van der Waals surface area contributed by atoms with Crippen molar-refractivity contribution >= 4 is 44.7 Å². The molecule has 0 saturated heterocycles. The third kappa shape index (κ3) is 6.07. The summed E-state index contributed by atoms with van der Waals surface area (Å²) in [6, 6.07) is 18.7. The Bertz CT molecular complexity index is 1090. The van der Waals surface area contributed by atoms with Crippen molar-refractivity contribution in [2.24, 2.45) is 0 Å². The van der Waals surface area contributed by atoms with Crippen LogP contribution in [0.2, 0.25) is 0 Å². The molecule has 32 heavy (non-hydrogen) atoms. The first-order chi connectivity index (χ1) is 15.8. The summed E-state index contributed by atoms with van der Waals surface area (Å²) >= 11 is 1.64. The molecule has 166 valence electrons. The molecule has 0 spiro atoms. The number of para-hydroxylation sites is 2. The van der Waals surface area contributed by atoms with Gasteiger partial charge in [-0.1, -0.05) is 62.1 Å². The topological polar surface area (TPSA) is 54.0 Å². The van der Waals surface area contributed by atoms with E-state index >= 15 is 0 Å². The van der Waals surface area contributed by atoms with Crippen LogP contribution in [0.3, 0.4) is 0 Å². The maximum atomic E-state index is 11.9. The average molecular weight is 446 g/mol. The largest absolute Gasteiger partial charge is 0.384 e. The number of carbonyl (C=O) groups excluding carboxylic acids is 1. The molecule has 0 aliphatic carbocycles. The maximum Gasteiger partial charge on any atom is 0.224 e. The molecule has 0 saturated carbocycles. The predicted molar refractivity (Wildman–Crippen MR) is 136 cm³/mol. The van der Waals surface area contributed by atoms with E-state index in [9.17, 15) is 4.79 Å². The molecular weight excluding hydrogens is 414 g/mol. The molecule has 4 rings (SSSR count). The highest BCUT2D eigenvalue weighted by Crippen LogP contribution is 2.30. The molecule has 2 N–H and O–H groups in total. The lowest BCUT2D eigenvalue weighted by Gasteiger charge is -2.13. The normalized spacial score (nSPS) is 11.1. The van der Waals surface area contributed by atoms with E-state index in [2.05, 4.69) is 47.0 Å². The van der Waals surface area contributed by atoms with Crippen LogP contribution < -0.4 is 10.6 Å². The molecule has 2 aromatic heterocycles. The average Bonchev–Trinajstić information content (AvgIpc) is 3.32. The van der Waals surface area contributed by atoms with Crippen LogP contribution in [0.1, 0.15) is 44.1 Å². The van der Waals surface area contributed by atoms with Gasteiger partial charge in [-0.05, 0) is 47.4 Å². The van der Waals surface area contributed by atoms with Crippen molar-refractivity contribution in [3.8, 4) is 0 Å². The highest BCUT2D eigenvalue weighted by atomic mass is 32.1. The fraction of sp³-hybridized carbons (Fsp3) is 0.333. The van der Waals surface area contributed by atoms with Gasteiger partial charge in [0.15, 0.2) is 0 Å². The molecule has 0 bridgehead atoms. The molecule has 5 heteroatoms. The molecule has 0 aliphatic heterocycles. The second-order valence-corrected chi connectivity index (χ2v) is 9.01. The van der Waals surface area contributed by atoms with Gasteiger partial charge in [0, 0.05) is 23.9 Å². The lowest BCUT2D eigenvalue weighted by atomic mass is 10.1. The highest BCUT2D eigenvalue weighted by molar-refractivity contribution is 7.08. The van der Waals surface area contributed by atoms with Crippen LogP contribution >= 0.6 is 11.3 Å². The van der Waals surface area contributed by atoms with Gasteiger partial charge in [0.05, 0.1) is 23.1 Å². The Kier molecular flexibility index (Phi) is 8.10. The fourth-order valence-corrected chi connectivity index (χ4v) is 4.74. The molecular formula is C27H31N3OS. The quantitative estimate of drug-likeness (QED) is 0.192. The monoisotopic (exact) mass is 445 g/mol. The van der Waals surface area contributed by atoms with Gasteiger partial charge >= 0.3 is 0 Å². The van der Waals surface area contributed by atoms with Gasteiger partial charge in [-0.2, -0.15) is 11.3 Å². The molecule has 0 radical (unpaired) electrons. The second-order valence-electron chi connectivity index (χ2n) is 8.23. The van der Waals surface area contributed by atoms with E-state index < -0.39 is 0 Å². The first kappa shape index (κ1) is 22.3. The van der Waals surface area contributed by atoms with E-state index in [1.165, 1.54) is 42.1 Å². The van der Waals surface area contributed by atoms with Crippen molar-refractivity contribution in [3.63, 3.8) is 0 Å².